The molecule has 4 atom stereocenters. The summed E-state index contributed by atoms with van der Waals surface area (Å²) >= 11 is 0. The predicted molar refractivity (Wildman–Crippen MR) is 130 cm³/mol. The molecule has 0 heterocycles. The summed E-state index contributed by atoms with van der Waals surface area (Å²) in [5.41, 5.74) is 11.5. The molecule has 0 aromatic carbocycles. The van der Waals surface area contributed by atoms with Gasteiger partial charge < -0.3 is 32.7 Å². The van der Waals surface area contributed by atoms with E-state index < -0.39 is 0 Å². The Kier molecular flexibility index (Phi) is 14.4. The number of carbonyl (C=O) groups is 1. The zero-order chi connectivity index (χ0) is 22.2. The average Bonchev–Trinajstić information content (AvgIpc) is 3.40. The van der Waals surface area contributed by atoms with Crippen molar-refractivity contribution < 1.29 is 4.79 Å². The van der Waals surface area contributed by atoms with Gasteiger partial charge in [-0.15, -0.1) is 0 Å². The lowest BCUT2D eigenvalue weighted by molar-refractivity contribution is -0.122. The molecular weight excluding hydrogens is 388 g/mol. The number of nitrogens with two attached hydrogens (primary N) is 2. The minimum Gasteiger partial charge on any atom is -0.355 e. The van der Waals surface area contributed by atoms with Gasteiger partial charge in [0.1, 0.15) is 0 Å². The molecule has 2 bridgehead atoms. The molecule has 0 aliphatic heterocycles. The second-order valence-electron chi connectivity index (χ2n) is 9.74. The monoisotopic (exact) mass is 438 g/mol. The van der Waals surface area contributed by atoms with Crippen LogP contribution in [0.4, 0.5) is 0 Å². The van der Waals surface area contributed by atoms with Crippen molar-refractivity contribution in [3.05, 3.63) is 0 Å². The van der Waals surface area contributed by atoms with Crippen LogP contribution in [-0.2, 0) is 4.79 Å². The first-order chi connectivity index (χ1) is 15.2. The Morgan fingerprint density at radius 3 is 2.16 bits per heavy atom. The van der Waals surface area contributed by atoms with Crippen molar-refractivity contribution in [3.8, 4) is 0 Å². The third-order valence-electron chi connectivity index (χ3n) is 7.09. The first kappa shape index (κ1) is 26.5. The van der Waals surface area contributed by atoms with Crippen molar-refractivity contribution in [1.29, 1.82) is 0 Å². The maximum atomic E-state index is 12.1. The highest BCUT2D eigenvalue weighted by atomic mass is 16.2. The van der Waals surface area contributed by atoms with Crippen LogP contribution in [0.3, 0.4) is 0 Å². The van der Waals surface area contributed by atoms with Crippen molar-refractivity contribution in [2.24, 2.45) is 29.2 Å². The van der Waals surface area contributed by atoms with E-state index >= 15 is 0 Å². The summed E-state index contributed by atoms with van der Waals surface area (Å²) in [5, 5.41) is 13.4. The Morgan fingerprint density at radius 2 is 1.48 bits per heavy atom. The van der Waals surface area contributed by atoms with Crippen LogP contribution in [0.25, 0.3) is 0 Å². The first-order valence-corrected chi connectivity index (χ1v) is 13.1. The predicted octanol–water partition coefficient (Wildman–Crippen LogP) is 1.32. The van der Waals surface area contributed by atoms with Gasteiger partial charge in [0, 0.05) is 6.54 Å². The van der Waals surface area contributed by atoms with Crippen molar-refractivity contribution in [3.63, 3.8) is 0 Å². The number of carbonyl (C=O) groups excluding carboxylic acids is 1. The van der Waals surface area contributed by atoms with E-state index in [2.05, 4.69) is 21.3 Å². The Labute approximate surface area is 190 Å². The second kappa shape index (κ2) is 16.8. The van der Waals surface area contributed by atoms with Gasteiger partial charge in [-0.05, 0) is 121 Å². The number of rotatable bonds is 20. The second-order valence-corrected chi connectivity index (χ2v) is 9.74. The van der Waals surface area contributed by atoms with Gasteiger partial charge in [0.15, 0.2) is 0 Å². The number of nitrogens with one attached hydrogen (secondary N) is 4. The minimum absolute atomic E-state index is 0.00139. The van der Waals surface area contributed by atoms with Crippen molar-refractivity contribution in [2.75, 3.05) is 52.4 Å². The van der Waals surface area contributed by atoms with Gasteiger partial charge in [-0.3, -0.25) is 4.79 Å². The van der Waals surface area contributed by atoms with Crippen molar-refractivity contribution in [1.82, 2.24) is 21.3 Å². The van der Waals surface area contributed by atoms with Gasteiger partial charge in [0.05, 0.1) is 6.04 Å². The minimum atomic E-state index is -0.370. The lowest BCUT2D eigenvalue weighted by atomic mass is 9.89. The van der Waals surface area contributed by atoms with Crippen LogP contribution in [0.15, 0.2) is 0 Å². The highest BCUT2D eigenvalue weighted by Crippen LogP contribution is 2.47. The standard InChI is InChI=1S/C24H50N6O/c25-10-5-14-27-11-3-4-12-28-15-6-16-30-24(31)23(26)7-1-2-13-29-19-22-18-20-8-9-21(22)17-20/h20-23,27-29H,1-19,25-26H2,(H,30,31). The molecule has 0 aromatic heterocycles. The van der Waals surface area contributed by atoms with Gasteiger partial charge in [-0.25, -0.2) is 0 Å². The smallest absolute Gasteiger partial charge is 0.236 e. The molecule has 2 aliphatic rings. The largest absolute Gasteiger partial charge is 0.355 e. The molecule has 0 aromatic rings. The number of unbranched alkanes of at least 4 members (excludes halogenated alkanes) is 2. The van der Waals surface area contributed by atoms with Crippen LogP contribution in [0.1, 0.15) is 70.6 Å². The van der Waals surface area contributed by atoms with Crippen LogP contribution in [0.2, 0.25) is 0 Å². The number of hydrogen-bond acceptors (Lipinski definition) is 6. The fourth-order valence-electron chi connectivity index (χ4n) is 5.19. The molecule has 0 radical (unpaired) electrons. The summed E-state index contributed by atoms with van der Waals surface area (Å²) in [6.45, 7) is 7.74. The molecule has 4 unspecified atom stereocenters. The molecule has 0 spiro atoms. The quantitative estimate of drug-likeness (QED) is 0.160. The highest BCUT2D eigenvalue weighted by Gasteiger charge is 2.38. The Bertz CT molecular complexity index is 463. The van der Waals surface area contributed by atoms with E-state index in [4.69, 9.17) is 11.5 Å². The fourth-order valence-corrected chi connectivity index (χ4v) is 5.19. The number of hydrogen-bond donors (Lipinski definition) is 6. The SMILES string of the molecule is NCCCNCCCCNCCCNC(=O)C(N)CCCCNCC1CC2CCC1C2. The molecular formula is C24H50N6O. The number of fused-ring (bicyclic) bond motifs is 2. The zero-order valence-electron chi connectivity index (χ0n) is 19.8. The van der Waals surface area contributed by atoms with Gasteiger partial charge in [0.25, 0.3) is 0 Å². The maximum absolute atomic E-state index is 12.1. The summed E-state index contributed by atoms with van der Waals surface area (Å²) in [6, 6.07) is -0.370. The third kappa shape index (κ3) is 11.6. The molecule has 1 amide bonds. The average molecular weight is 439 g/mol. The van der Waals surface area contributed by atoms with Crippen LogP contribution < -0.4 is 32.7 Å². The molecule has 2 fully saturated rings. The molecule has 2 rings (SSSR count). The normalized spacial score (nSPS) is 23.4. The summed E-state index contributed by atoms with van der Waals surface area (Å²) < 4.78 is 0. The summed E-state index contributed by atoms with van der Waals surface area (Å²) in [5.74, 6) is 2.95. The van der Waals surface area contributed by atoms with Gasteiger partial charge >= 0.3 is 0 Å². The first-order valence-electron chi connectivity index (χ1n) is 13.1. The third-order valence-corrected chi connectivity index (χ3v) is 7.09. The van der Waals surface area contributed by atoms with Gasteiger partial charge in [-0.2, -0.15) is 0 Å². The van der Waals surface area contributed by atoms with E-state index in [0.717, 1.165) is 89.1 Å². The Balaban J connectivity index is 1.30. The van der Waals surface area contributed by atoms with Gasteiger partial charge in [-0.1, -0.05) is 12.8 Å². The Morgan fingerprint density at radius 1 is 0.806 bits per heavy atom. The number of amides is 1. The summed E-state index contributed by atoms with van der Waals surface area (Å²) in [7, 11) is 0. The lowest BCUT2D eigenvalue weighted by Crippen LogP contribution is -2.41. The molecule has 7 nitrogen and oxygen atoms in total. The molecule has 2 saturated carbocycles. The van der Waals surface area contributed by atoms with E-state index in [-0.39, 0.29) is 11.9 Å². The van der Waals surface area contributed by atoms with E-state index in [1.807, 2.05) is 0 Å². The van der Waals surface area contributed by atoms with Crippen molar-refractivity contribution in [2.45, 2.75) is 76.7 Å². The van der Waals surface area contributed by atoms with E-state index in [0.29, 0.717) is 6.54 Å². The summed E-state index contributed by atoms with van der Waals surface area (Å²) in [6.07, 6.45) is 13.1. The molecule has 182 valence electrons. The molecule has 0 saturated heterocycles. The zero-order valence-corrected chi connectivity index (χ0v) is 19.8. The van der Waals surface area contributed by atoms with Crippen LogP contribution in [-0.4, -0.2) is 64.3 Å². The highest BCUT2D eigenvalue weighted by molar-refractivity contribution is 5.81. The molecule has 8 N–H and O–H groups in total. The van der Waals surface area contributed by atoms with Crippen molar-refractivity contribution >= 4 is 5.91 Å². The lowest BCUT2D eigenvalue weighted by Gasteiger charge is -2.21. The fraction of sp³-hybridized carbons (Fsp3) is 0.958. The van der Waals surface area contributed by atoms with Crippen LogP contribution in [0.5, 0.6) is 0 Å². The molecule has 2 aliphatic carbocycles. The van der Waals surface area contributed by atoms with Gasteiger partial charge in [0.2, 0.25) is 5.91 Å². The Hall–Kier alpha value is -0.730. The summed E-state index contributed by atoms with van der Waals surface area (Å²) in [4.78, 5) is 12.1. The van der Waals surface area contributed by atoms with Crippen LogP contribution in [0, 0.1) is 17.8 Å². The van der Waals surface area contributed by atoms with Crippen LogP contribution >= 0.6 is 0 Å². The van der Waals surface area contributed by atoms with E-state index in [1.54, 1.807) is 0 Å². The van der Waals surface area contributed by atoms with E-state index in [9.17, 15) is 4.79 Å². The van der Waals surface area contributed by atoms with E-state index in [1.165, 1.54) is 45.1 Å². The molecule has 7 heteroatoms. The maximum Gasteiger partial charge on any atom is 0.236 e. The molecule has 31 heavy (non-hydrogen) atoms. The topological polar surface area (TPSA) is 117 Å².